The molecule has 1 N–H and O–H groups in total. The maximum Gasteiger partial charge on any atom is 0.357 e. The maximum absolute atomic E-state index is 14.0. The van der Waals surface area contributed by atoms with Gasteiger partial charge in [-0.1, -0.05) is 0 Å². The van der Waals surface area contributed by atoms with Gasteiger partial charge in [-0.15, -0.1) is 11.8 Å². The summed E-state index contributed by atoms with van der Waals surface area (Å²) in [5, 5.41) is 1.27. The lowest BCUT2D eigenvalue weighted by Gasteiger charge is -2.32. The molecular formula is C14H16FN3O3S. The highest BCUT2D eigenvalue weighted by Crippen LogP contribution is 2.24. The predicted octanol–water partition coefficient (Wildman–Crippen LogP) is 1.66. The van der Waals surface area contributed by atoms with Gasteiger partial charge in [0.1, 0.15) is 12.4 Å². The van der Waals surface area contributed by atoms with E-state index in [1.54, 1.807) is 12.1 Å². The van der Waals surface area contributed by atoms with Crippen molar-refractivity contribution in [3.8, 4) is 0 Å². The van der Waals surface area contributed by atoms with Crippen LogP contribution >= 0.6 is 11.8 Å². The van der Waals surface area contributed by atoms with E-state index in [4.69, 9.17) is 0 Å². The average molecular weight is 325 g/mol. The van der Waals surface area contributed by atoms with Crippen LogP contribution in [0.25, 0.3) is 0 Å². The second kappa shape index (κ2) is 6.69. The lowest BCUT2D eigenvalue weighted by molar-refractivity contribution is -0.139. The highest BCUT2D eigenvalue weighted by Gasteiger charge is 2.28. The number of ether oxygens (including phenoxy) is 1. The second-order valence-corrected chi connectivity index (χ2v) is 5.43. The molecule has 1 aliphatic heterocycles. The summed E-state index contributed by atoms with van der Waals surface area (Å²) in [6, 6.07) is 4.68. The number of anilines is 1. The number of hydrazine groups is 1. The molecule has 22 heavy (non-hydrogen) atoms. The van der Waals surface area contributed by atoms with Crippen molar-refractivity contribution in [2.45, 2.75) is 4.90 Å². The molecule has 0 aromatic heterocycles. The van der Waals surface area contributed by atoms with Gasteiger partial charge in [0, 0.05) is 18.1 Å². The third-order valence-corrected chi connectivity index (χ3v) is 3.85. The zero-order chi connectivity index (χ0) is 16.3. The van der Waals surface area contributed by atoms with Gasteiger partial charge in [0.05, 0.1) is 12.8 Å². The number of benzene rings is 1. The molecule has 0 saturated heterocycles. The van der Waals surface area contributed by atoms with Gasteiger partial charge in [-0.25, -0.2) is 9.18 Å². The van der Waals surface area contributed by atoms with E-state index in [1.165, 1.54) is 48.1 Å². The first-order valence-corrected chi connectivity index (χ1v) is 7.62. The van der Waals surface area contributed by atoms with Gasteiger partial charge in [-0.2, -0.15) is 0 Å². The highest BCUT2D eigenvalue weighted by atomic mass is 32.2. The van der Waals surface area contributed by atoms with Crippen LogP contribution < -0.4 is 5.43 Å². The normalized spacial score (nSPS) is 14.7. The molecule has 1 heterocycles. The number of hydrogen-bond donors (Lipinski definition) is 1. The van der Waals surface area contributed by atoms with Crippen molar-refractivity contribution in [2.24, 2.45) is 0 Å². The Morgan fingerprint density at radius 1 is 1.45 bits per heavy atom. The van der Waals surface area contributed by atoms with Crippen molar-refractivity contribution in [1.29, 1.82) is 0 Å². The molecule has 0 saturated carbocycles. The summed E-state index contributed by atoms with van der Waals surface area (Å²) in [7, 11) is 2.78. The number of halogens is 1. The molecule has 8 heteroatoms. The fourth-order valence-corrected chi connectivity index (χ4v) is 2.31. The smallest absolute Gasteiger partial charge is 0.357 e. The minimum absolute atomic E-state index is 0.110. The number of carbonyl (C=O) groups excluding carboxylic acids is 2. The Balaban J connectivity index is 2.28. The third kappa shape index (κ3) is 3.33. The van der Waals surface area contributed by atoms with Crippen molar-refractivity contribution in [3.05, 3.63) is 35.9 Å². The van der Waals surface area contributed by atoms with Crippen molar-refractivity contribution in [3.63, 3.8) is 0 Å². The molecule has 2 rings (SSSR count). The van der Waals surface area contributed by atoms with Crippen LogP contribution in [0.5, 0.6) is 0 Å². The second-order valence-electron chi connectivity index (χ2n) is 4.55. The van der Waals surface area contributed by atoms with Crippen molar-refractivity contribution >= 4 is 29.3 Å². The number of nitrogens with one attached hydrogen (secondary N) is 1. The molecule has 1 aromatic carbocycles. The fraction of sp³-hybridized carbons (Fsp3) is 0.286. The Bertz CT molecular complexity index is 636. The van der Waals surface area contributed by atoms with Crippen molar-refractivity contribution < 1.29 is 18.7 Å². The van der Waals surface area contributed by atoms with E-state index in [2.05, 4.69) is 10.2 Å². The number of methoxy groups -OCH3 is 1. The van der Waals surface area contributed by atoms with E-state index in [0.29, 0.717) is 0 Å². The van der Waals surface area contributed by atoms with E-state index in [9.17, 15) is 14.0 Å². The summed E-state index contributed by atoms with van der Waals surface area (Å²) in [5.74, 6) is -1.32. The summed E-state index contributed by atoms with van der Waals surface area (Å²) in [6.07, 6.45) is 3.19. The van der Waals surface area contributed by atoms with Gasteiger partial charge in [0.25, 0.3) is 0 Å². The molecule has 0 fully saturated rings. The minimum atomic E-state index is -0.618. The Kier molecular flexibility index (Phi) is 4.92. The van der Waals surface area contributed by atoms with Gasteiger partial charge in [0.2, 0.25) is 5.91 Å². The van der Waals surface area contributed by atoms with E-state index in [1.807, 2.05) is 6.26 Å². The fourth-order valence-electron chi connectivity index (χ4n) is 1.88. The molecule has 0 aliphatic carbocycles. The van der Waals surface area contributed by atoms with Crippen LogP contribution in [0.1, 0.15) is 0 Å². The van der Waals surface area contributed by atoms with Crippen molar-refractivity contribution in [1.82, 2.24) is 9.91 Å². The number of carbonyl (C=O) groups is 2. The first-order valence-electron chi connectivity index (χ1n) is 6.39. The lowest BCUT2D eigenvalue weighted by atomic mass is 10.3. The lowest BCUT2D eigenvalue weighted by Crippen LogP contribution is -2.46. The Labute approximate surface area is 131 Å². The van der Waals surface area contributed by atoms with E-state index in [0.717, 1.165) is 4.90 Å². The zero-order valence-corrected chi connectivity index (χ0v) is 13.2. The number of amides is 1. The molecule has 1 amide bonds. The van der Waals surface area contributed by atoms with Crippen LogP contribution in [-0.4, -0.2) is 48.7 Å². The summed E-state index contributed by atoms with van der Waals surface area (Å²) in [5.41, 5.74) is 3.04. The molecule has 0 radical (unpaired) electrons. The van der Waals surface area contributed by atoms with E-state index < -0.39 is 11.8 Å². The summed E-state index contributed by atoms with van der Waals surface area (Å²) in [4.78, 5) is 25.7. The number of thioether (sulfide) groups is 1. The molecular weight excluding hydrogens is 309 g/mol. The number of nitrogens with zero attached hydrogens (tertiary/aromatic N) is 2. The summed E-state index contributed by atoms with van der Waals surface area (Å²) in [6.45, 7) is -0.110. The topological polar surface area (TPSA) is 61.9 Å². The van der Waals surface area contributed by atoms with Crippen LogP contribution in [0.15, 0.2) is 35.0 Å². The van der Waals surface area contributed by atoms with Crippen LogP contribution in [0.2, 0.25) is 0 Å². The first kappa shape index (κ1) is 16.2. The molecule has 1 aliphatic rings. The monoisotopic (exact) mass is 325 g/mol. The quantitative estimate of drug-likeness (QED) is 0.671. The Hall–Kier alpha value is -2.22. The van der Waals surface area contributed by atoms with Crippen molar-refractivity contribution in [2.75, 3.05) is 32.4 Å². The van der Waals surface area contributed by atoms with Gasteiger partial charge < -0.3 is 9.64 Å². The molecule has 118 valence electrons. The first-order chi connectivity index (χ1) is 10.5. The molecule has 1 aromatic rings. The van der Waals surface area contributed by atoms with E-state index >= 15 is 0 Å². The SMILES string of the molecule is COC(=O)C1=CN(C)C(=O)CN1Nc1ccc(SC)cc1F. The van der Waals surface area contributed by atoms with E-state index in [-0.39, 0.29) is 23.8 Å². The van der Waals surface area contributed by atoms with Crippen LogP contribution in [-0.2, 0) is 14.3 Å². The average Bonchev–Trinajstić information content (AvgIpc) is 2.51. The number of esters is 1. The summed E-state index contributed by atoms with van der Waals surface area (Å²) < 4.78 is 18.7. The van der Waals surface area contributed by atoms with Crippen LogP contribution in [0.3, 0.4) is 0 Å². The number of hydrogen-bond acceptors (Lipinski definition) is 6. The van der Waals surface area contributed by atoms with Gasteiger partial charge in [-0.3, -0.25) is 15.2 Å². The molecule has 0 atom stereocenters. The minimum Gasteiger partial charge on any atom is -0.464 e. The predicted molar refractivity (Wildman–Crippen MR) is 81.4 cm³/mol. The molecule has 0 bridgehead atoms. The van der Waals surface area contributed by atoms with Crippen LogP contribution in [0, 0.1) is 5.82 Å². The van der Waals surface area contributed by atoms with Gasteiger partial charge in [0.15, 0.2) is 5.70 Å². The zero-order valence-electron chi connectivity index (χ0n) is 12.4. The van der Waals surface area contributed by atoms with Gasteiger partial charge in [-0.05, 0) is 24.5 Å². The summed E-state index contributed by atoms with van der Waals surface area (Å²) >= 11 is 1.42. The highest BCUT2D eigenvalue weighted by molar-refractivity contribution is 7.98. The number of rotatable bonds is 4. The Morgan fingerprint density at radius 2 is 2.18 bits per heavy atom. The third-order valence-electron chi connectivity index (χ3n) is 3.12. The van der Waals surface area contributed by atoms with Crippen LogP contribution in [0.4, 0.5) is 10.1 Å². The van der Waals surface area contributed by atoms with Gasteiger partial charge >= 0.3 is 5.97 Å². The maximum atomic E-state index is 14.0. The molecule has 0 unspecified atom stereocenters. The molecule has 0 spiro atoms. The molecule has 6 nitrogen and oxygen atoms in total. The largest absolute Gasteiger partial charge is 0.464 e. The standard InChI is InChI=1S/C14H16FN3O3S/c1-17-7-12(14(20)21-2)18(8-13(17)19)16-11-5-4-9(22-3)6-10(11)15/h4-7,16H,8H2,1-3H3. The Morgan fingerprint density at radius 3 is 2.77 bits per heavy atom. The number of likely N-dealkylation sites (N-methyl/N-ethyl adjacent to an activating group) is 1.